The first-order valence-electron chi connectivity index (χ1n) is 8.85. The molecule has 4 N–H and O–H groups in total. The van der Waals surface area contributed by atoms with Crippen LogP contribution in [0, 0.1) is 0 Å². The number of hydrogen-bond acceptors (Lipinski definition) is 4. The Balaban J connectivity index is 1.40. The van der Waals surface area contributed by atoms with Crippen LogP contribution >= 0.6 is 0 Å². The van der Waals surface area contributed by atoms with Crippen LogP contribution in [0.25, 0.3) is 0 Å². The average molecular weight is 280 g/mol. The molecule has 2 saturated heterocycles. The molecule has 0 spiro atoms. The molecule has 0 unspecified atom stereocenters. The van der Waals surface area contributed by atoms with Crippen molar-refractivity contribution >= 4 is 0 Å². The predicted molar refractivity (Wildman–Crippen MR) is 84.1 cm³/mol. The zero-order chi connectivity index (χ0) is 13.6. The van der Waals surface area contributed by atoms with Gasteiger partial charge in [0.2, 0.25) is 0 Å². The molecule has 2 aliphatic heterocycles. The molecule has 4 nitrogen and oxygen atoms in total. The fourth-order valence-electron chi connectivity index (χ4n) is 4.07. The predicted octanol–water partition coefficient (Wildman–Crippen LogP) is 0.981. The Bertz CT molecular complexity index is 244. The standard InChI is InChI=1S/C16H32N4/c1-2-8-16(20-12-14-6-4-10-18-14)15(7-1)19-11-13-5-3-9-17-13/h13-20H,1-12H2/t13-,14-,15+,16+/m0/s1. The molecule has 3 rings (SSSR count). The van der Waals surface area contributed by atoms with E-state index in [1.807, 2.05) is 0 Å². The van der Waals surface area contributed by atoms with Gasteiger partial charge in [0.15, 0.2) is 0 Å². The summed E-state index contributed by atoms with van der Waals surface area (Å²) in [5.74, 6) is 0. The summed E-state index contributed by atoms with van der Waals surface area (Å²) in [5.41, 5.74) is 0. The van der Waals surface area contributed by atoms with Crippen molar-refractivity contribution in [3.8, 4) is 0 Å². The van der Waals surface area contributed by atoms with Crippen molar-refractivity contribution in [3.63, 3.8) is 0 Å². The highest BCUT2D eigenvalue weighted by Crippen LogP contribution is 2.19. The van der Waals surface area contributed by atoms with Crippen molar-refractivity contribution in [3.05, 3.63) is 0 Å². The lowest BCUT2D eigenvalue weighted by Gasteiger charge is -2.34. The second kappa shape index (κ2) is 7.74. The summed E-state index contributed by atoms with van der Waals surface area (Å²) >= 11 is 0. The van der Waals surface area contributed by atoms with E-state index >= 15 is 0 Å². The Kier molecular flexibility index (Phi) is 5.71. The molecular formula is C16H32N4. The molecule has 0 aromatic rings. The molecule has 0 amide bonds. The summed E-state index contributed by atoms with van der Waals surface area (Å²) in [4.78, 5) is 0. The van der Waals surface area contributed by atoms with Gasteiger partial charge < -0.3 is 21.3 Å². The van der Waals surface area contributed by atoms with Gasteiger partial charge in [-0.25, -0.2) is 0 Å². The third-order valence-electron chi connectivity index (χ3n) is 5.34. The van der Waals surface area contributed by atoms with Crippen LogP contribution < -0.4 is 21.3 Å². The van der Waals surface area contributed by atoms with Crippen LogP contribution in [-0.4, -0.2) is 50.3 Å². The summed E-state index contributed by atoms with van der Waals surface area (Å²) in [6.45, 7) is 4.74. The zero-order valence-corrected chi connectivity index (χ0v) is 12.8. The van der Waals surface area contributed by atoms with Crippen molar-refractivity contribution in [1.29, 1.82) is 0 Å². The molecule has 0 radical (unpaired) electrons. The van der Waals surface area contributed by atoms with Gasteiger partial charge in [-0.15, -0.1) is 0 Å². The Hall–Kier alpha value is -0.160. The lowest BCUT2D eigenvalue weighted by Crippen LogP contribution is -2.54. The normalized spacial score (nSPS) is 38.4. The molecule has 20 heavy (non-hydrogen) atoms. The summed E-state index contributed by atoms with van der Waals surface area (Å²) in [5, 5.41) is 14.9. The molecule has 0 aromatic carbocycles. The summed E-state index contributed by atoms with van der Waals surface area (Å²) in [6.07, 6.45) is 10.9. The van der Waals surface area contributed by atoms with Crippen LogP contribution in [-0.2, 0) is 0 Å². The van der Waals surface area contributed by atoms with Crippen molar-refractivity contribution in [2.24, 2.45) is 0 Å². The molecule has 4 atom stereocenters. The first-order chi connectivity index (χ1) is 9.92. The number of rotatable bonds is 6. The van der Waals surface area contributed by atoms with Crippen LogP contribution in [0.3, 0.4) is 0 Å². The number of nitrogens with one attached hydrogen (secondary N) is 4. The smallest absolute Gasteiger partial charge is 0.0221 e. The van der Waals surface area contributed by atoms with Gasteiger partial charge in [-0.1, -0.05) is 12.8 Å². The highest BCUT2D eigenvalue weighted by atomic mass is 15.1. The highest BCUT2D eigenvalue weighted by molar-refractivity contribution is 4.90. The first-order valence-corrected chi connectivity index (χ1v) is 8.85. The van der Waals surface area contributed by atoms with Crippen LogP contribution in [0.1, 0.15) is 51.4 Å². The Morgan fingerprint density at radius 3 is 1.55 bits per heavy atom. The average Bonchev–Trinajstić information content (AvgIpc) is 3.17. The molecule has 0 bridgehead atoms. The Morgan fingerprint density at radius 1 is 0.650 bits per heavy atom. The van der Waals surface area contributed by atoms with Crippen LogP contribution in [0.2, 0.25) is 0 Å². The molecule has 3 fully saturated rings. The van der Waals surface area contributed by atoms with Crippen molar-refractivity contribution in [2.45, 2.75) is 75.5 Å². The van der Waals surface area contributed by atoms with Crippen molar-refractivity contribution in [2.75, 3.05) is 26.2 Å². The van der Waals surface area contributed by atoms with Gasteiger partial charge in [0, 0.05) is 37.3 Å². The summed E-state index contributed by atoms with van der Waals surface area (Å²) in [6, 6.07) is 2.81. The summed E-state index contributed by atoms with van der Waals surface area (Å²) < 4.78 is 0. The van der Waals surface area contributed by atoms with Crippen LogP contribution in [0.4, 0.5) is 0 Å². The van der Waals surface area contributed by atoms with E-state index in [0.29, 0.717) is 24.2 Å². The molecular weight excluding hydrogens is 248 g/mol. The minimum Gasteiger partial charge on any atom is -0.313 e. The second-order valence-corrected chi connectivity index (χ2v) is 6.90. The van der Waals surface area contributed by atoms with Gasteiger partial charge in [0.05, 0.1) is 0 Å². The molecule has 116 valence electrons. The molecule has 4 heteroatoms. The molecule has 1 saturated carbocycles. The van der Waals surface area contributed by atoms with Gasteiger partial charge in [-0.3, -0.25) is 0 Å². The Morgan fingerprint density at radius 2 is 1.15 bits per heavy atom. The van der Waals surface area contributed by atoms with E-state index in [4.69, 9.17) is 0 Å². The van der Waals surface area contributed by atoms with Crippen LogP contribution in [0.5, 0.6) is 0 Å². The fraction of sp³-hybridized carbons (Fsp3) is 1.00. The second-order valence-electron chi connectivity index (χ2n) is 6.90. The molecule has 1 aliphatic carbocycles. The van der Waals surface area contributed by atoms with Crippen molar-refractivity contribution < 1.29 is 0 Å². The van der Waals surface area contributed by atoms with E-state index in [9.17, 15) is 0 Å². The van der Waals surface area contributed by atoms with E-state index in [-0.39, 0.29) is 0 Å². The largest absolute Gasteiger partial charge is 0.313 e. The van der Waals surface area contributed by atoms with Crippen molar-refractivity contribution in [1.82, 2.24) is 21.3 Å². The molecule has 2 heterocycles. The molecule has 3 aliphatic rings. The van der Waals surface area contributed by atoms with Gasteiger partial charge in [0.1, 0.15) is 0 Å². The maximum atomic E-state index is 3.84. The lowest BCUT2D eigenvalue weighted by molar-refractivity contribution is 0.272. The van der Waals surface area contributed by atoms with Gasteiger partial charge in [-0.05, 0) is 51.6 Å². The minimum absolute atomic E-state index is 0.688. The lowest BCUT2D eigenvalue weighted by atomic mass is 9.90. The maximum absolute atomic E-state index is 3.84. The maximum Gasteiger partial charge on any atom is 0.0221 e. The zero-order valence-electron chi connectivity index (χ0n) is 12.8. The van der Waals surface area contributed by atoms with E-state index in [1.165, 1.54) is 64.5 Å². The molecule has 0 aromatic heterocycles. The van der Waals surface area contributed by atoms with E-state index in [1.54, 1.807) is 0 Å². The van der Waals surface area contributed by atoms with E-state index in [0.717, 1.165) is 13.1 Å². The SMILES string of the molecule is C1CN[C@H](CN[C@@H]2CCCC[C@H]2NC[C@@H]2CCCN2)C1. The number of hydrogen-bond donors (Lipinski definition) is 4. The van der Waals surface area contributed by atoms with Gasteiger partial charge in [-0.2, -0.15) is 0 Å². The third-order valence-corrected chi connectivity index (χ3v) is 5.34. The van der Waals surface area contributed by atoms with Gasteiger partial charge >= 0.3 is 0 Å². The van der Waals surface area contributed by atoms with E-state index in [2.05, 4.69) is 21.3 Å². The minimum atomic E-state index is 0.688. The van der Waals surface area contributed by atoms with Gasteiger partial charge in [0.25, 0.3) is 0 Å². The highest BCUT2D eigenvalue weighted by Gasteiger charge is 2.26. The quantitative estimate of drug-likeness (QED) is 0.586. The topological polar surface area (TPSA) is 48.1 Å². The third kappa shape index (κ3) is 4.17. The fourth-order valence-corrected chi connectivity index (χ4v) is 4.07. The van der Waals surface area contributed by atoms with E-state index < -0.39 is 0 Å². The summed E-state index contributed by atoms with van der Waals surface area (Å²) in [7, 11) is 0. The monoisotopic (exact) mass is 280 g/mol. The Labute approximate surface area is 123 Å². The first kappa shape index (κ1) is 14.8. The van der Waals surface area contributed by atoms with Crippen LogP contribution in [0.15, 0.2) is 0 Å².